The van der Waals surface area contributed by atoms with Crippen LogP contribution < -0.4 is 0 Å². The number of halogens is 4. The molecule has 2 aliphatic rings. The number of hydrogen-bond donors (Lipinski definition) is 0. The minimum absolute atomic E-state index is 0.177. The van der Waals surface area contributed by atoms with Crippen molar-refractivity contribution in [3.8, 4) is 0 Å². The summed E-state index contributed by atoms with van der Waals surface area (Å²) in [4.78, 5) is 15.3. The number of carbonyl (C=O) groups excluding carboxylic acids is 1. The lowest BCUT2D eigenvalue weighted by Gasteiger charge is -2.38. The molecule has 0 aromatic heterocycles. The van der Waals surface area contributed by atoms with Crippen LogP contribution in [0.4, 0.5) is 17.6 Å². The lowest BCUT2D eigenvalue weighted by Crippen LogP contribution is -2.44. The van der Waals surface area contributed by atoms with Gasteiger partial charge in [-0.2, -0.15) is 13.2 Å². The highest BCUT2D eigenvalue weighted by molar-refractivity contribution is 5.99. The molecule has 2 nitrogen and oxygen atoms in total. The predicted molar refractivity (Wildman–Crippen MR) is 97.3 cm³/mol. The topological polar surface area (TPSA) is 20.3 Å². The number of piperidine rings is 1. The Morgan fingerprint density at radius 3 is 2.25 bits per heavy atom. The van der Waals surface area contributed by atoms with Crippen LogP contribution in [0.2, 0.25) is 0 Å². The number of nitrogens with zero attached hydrogens (tertiary/aromatic N) is 1. The lowest BCUT2D eigenvalue weighted by atomic mass is 9.83. The molecule has 6 heteroatoms. The summed E-state index contributed by atoms with van der Waals surface area (Å²) in [5.41, 5.74) is -0.389. The van der Waals surface area contributed by atoms with E-state index >= 15 is 0 Å². The summed E-state index contributed by atoms with van der Waals surface area (Å²) in [7, 11) is 0. The summed E-state index contributed by atoms with van der Waals surface area (Å²) in [5.74, 6) is -1.89. The third-order valence-electron chi connectivity index (χ3n) is 6.02. The monoisotopic (exact) mass is 391 g/mol. The van der Waals surface area contributed by atoms with Gasteiger partial charge in [-0.1, -0.05) is 30.3 Å². The third-order valence-corrected chi connectivity index (χ3v) is 6.02. The average molecular weight is 391 g/mol. The summed E-state index contributed by atoms with van der Waals surface area (Å²) in [6.07, 6.45) is -1.75. The van der Waals surface area contributed by atoms with Gasteiger partial charge in [0.1, 0.15) is 5.82 Å². The van der Waals surface area contributed by atoms with Crippen LogP contribution in [0, 0.1) is 11.7 Å². The Balaban J connectivity index is 1.54. The Morgan fingerprint density at radius 2 is 1.64 bits per heavy atom. The number of fused-ring (bicyclic) bond motifs is 2. The van der Waals surface area contributed by atoms with Crippen LogP contribution in [0.25, 0.3) is 0 Å². The fourth-order valence-electron chi connectivity index (χ4n) is 4.73. The van der Waals surface area contributed by atoms with Crippen molar-refractivity contribution < 1.29 is 22.4 Å². The van der Waals surface area contributed by atoms with E-state index in [4.69, 9.17) is 0 Å². The maximum atomic E-state index is 13.6. The first-order valence-corrected chi connectivity index (χ1v) is 9.53. The molecule has 2 atom stereocenters. The second-order valence-electron chi connectivity index (χ2n) is 7.76. The lowest BCUT2D eigenvalue weighted by molar-refractivity contribution is -0.138. The van der Waals surface area contributed by atoms with Gasteiger partial charge in [0, 0.05) is 30.1 Å². The van der Waals surface area contributed by atoms with Crippen LogP contribution in [0.3, 0.4) is 0 Å². The summed E-state index contributed by atoms with van der Waals surface area (Å²) in [6.45, 7) is 0.783. The fourth-order valence-corrected chi connectivity index (χ4v) is 4.73. The Kier molecular flexibility index (Phi) is 5.00. The summed E-state index contributed by atoms with van der Waals surface area (Å²) in [5, 5.41) is 0. The van der Waals surface area contributed by atoms with Crippen molar-refractivity contribution in [2.24, 2.45) is 5.92 Å². The minimum atomic E-state index is -4.67. The Morgan fingerprint density at radius 1 is 1.00 bits per heavy atom. The van der Waals surface area contributed by atoms with Crippen molar-refractivity contribution in [1.29, 1.82) is 0 Å². The first kappa shape index (κ1) is 19.1. The molecule has 0 saturated carbocycles. The number of carbonyl (C=O) groups is 1. The highest BCUT2D eigenvalue weighted by Gasteiger charge is 2.44. The number of ketones is 1. The first-order valence-electron chi connectivity index (χ1n) is 9.53. The van der Waals surface area contributed by atoms with E-state index in [9.17, 15) is 22.4 Å². The van der Waals surface area contributed by atoms with E-state index in [-0.39, 0.29) is 12.1 Å². The first-order chi connectivity index (χ1) is 13.3. The number of benzene rings is 2. The quantitative estimate of drug-likeness (QED) is 0.509. The molecule has 148 valence electrons. The molecule has 2 aliphatic heterocycles. The zero-order valence-electron chi connectivity index (χ0n) is 15.3. The fraction of sp³-hybridized carbons (Fsp3) is 0.409. The maximum Gasteiger partial charge on any atom is 0.417 e. The van der Waals surface area contributed by atoms with E-state index in [1.165, 1.54) is 5.56 Å². The number of alkyl halides is 3. The molecule has 2 aromatic rings. The largest absolute Gasteiger partial charge is 0.417 e. The van der Waals surface area contributed by atoms with E-state index in [2.05, 4.69) is 17.0 Å². The summed E-state index contributed by atoms with van der Waals surface area (Å²) >= 11 is 0. The molecule has 0 amide bonds. The molecule has 4 rings (SSSR count). The number of rotatable bonds is 4. The molecule has 2 bridgehead atoms. The maximum absolute atomic E-state index is 13.6. The Labute approximate surface area is 161 Å². The normalized spacial score (nSPS) is 25.1. The van der Waals surface area contributed by atoms with Gasteiger partial charge in [-0.05, 0) is 49.4 Å². The van der Waals surface area contributed by atoms with Gasteiger partial charge in [0.05, 0.1) is 5.56 Å². The van der Waals surface area contributed by atoms with Crippen molar-refractivity contribution >= 4 is 5.78 Å². The highest BCUT2D eigenvalue weighted by Crippen LogP contribution is 2.42. The summed E-state index contributed by atoms with van der Waals surface area (Å²) in [6, 6.07) is 12.5. The van der Waals surface area contributed by atoms with Crippen LogP contribution in [0.5, 0.6) is 0 Å². The zero-order chi connectivity index (χ0) is 19.9. The predicted octanol–water partition coefficient (Wildman–Crippen LogP) is 5.47. The Bertz CT molecular complexity index is 851. The molecule has 0 spiro atoms. The second kappa shape index (κ2) is 7.32. The molecule has 28 heavy (non-hydrogen) atoms. The van der Waals surface area contributed by atoms with Crippen molar-refractivity contribution in [2.45, 2.75) is 50.5 Å². The van der Waals surface area contributed by atoms with E-state index in [0.717, 1.165) is 31.5 Å². The third kappa shape index (κ3) is 3.70. The molecule has 0 N–H and O–H groups in total. The Hall–Kier alpha value is -2.21. The smallest absolute Gasteiger partial charge is 0.294 e. The zero-order valence-corrected chi connectivity index (χ0v) is 15.3. The van der Waals surface area contributed by atoms with E-state index < -0.39 is 34.8 Å². The average Bonchev–Trinajstić information content (AvgIpc) is 2.88. The van der Waals surface area contributed by atoms with Crippen molar-refractivity contribution in [1.82, 2.24) is 4.90 Å². The van der Waals surface area contributed by atoms with Gasteiger partial charge in [-0.15, -0.1) is 0 Å². The second-order valence-corrected chi connectivity index (χ2v) is 7.76. The molecular formula is C22H21F4NO. The van der Waals surface area contributed by atoms with Gasteiger partial charge in [-0.3, -0.25) is 9.69 Å². The SMILES string of the molecule is O=C(c1cc(F)ccc1C(F)(F)F)C1CC2CCC(C1)N2Cc1ccccc1. The van der Waals surface area contributed by atoms with Crippen molar-refractivity contribution in [2.75, 3.05) is 0 Å². The number of Topliss-reactive ketones (excluding diaryl/α,β-unsaturated/α-hetero) is 1. The molecular weight excluding hydrogens is 370 g/mol. The van der Waals surface area contributed by atoms with Crippen molar-refractivity contribution in [3.05, 3.63) is 71.0 Å². The van der Waals surface area contributed by atoms with Gasteiger partial charge in [0.25, 0.3) is 0 Å². The van der Waals surface area contributed by atoms with Gasteiger partial charge in [0.15, 0.2) is 5.78 Å². The van der Waals surface area contributed by atoms with Crippen LogP contribution in [-0.4, -0.2) is 22.8 Å². The molecule has 2 aromatic carbocycles. The number of hydrogen-bond acceptors (Lipinski definition) is 2. The van der Waals surface area contributed by atoms with E-state index in [0.29, 0.717) is 18.9 Å². The molecule has 0 aliphatic carbocycles. The molecule has 2 saturated heterocycles. The standard InChI is InChI=1S/C22H21F4NO/c23-16-6-9-20(22(24,25)26)19(12-16)21(28)15-10-17-7-8-18(11-15)27(17)13-14-4-2-1-3-5-14/h1-6,9,12,15,17-18H,7-8,10-11,13H2. The molecule has 2 unspecified atom stereocenters. The minimum Gasteiger partial charge on any atom is -0.294 e. The van der Waals surface area contributed by atoms with Crippen LogP contribution in [-0.2, 0) is 12.7 Å². The highest BCUT2D eigenvalue weighted by atomic mass is 19.4. The van der Waals surface area contributed by atoms with Crippen LogP contribution in [0.15, 0.2) is 48.5 Å². The van der Waals surface area contributed by atoms with Gasteiger partial charge in [-0.25, -0.2) is 4.39 Å². The van der Waals surface area contributed by atoms with E-state index in [1.54, 1.807) is 0 Å². The van der Waals surface area contributed by atoms with Crippen molar-refractivity contribution in [3.63, 3.8) is 0 Å². The molecule has 2 fully saturated rings. The van der Waals surface area contributed by atoms with Crippen LogP contribution in [0.1, 0.15) is 47.2 Å². The van der Waals surface area contributed by atoms with Gasteiger partial charge in [0.2, 0.25) is 0 Å². The molecule has 2 heterocycles. The van der Waals surface area contributed by atoms with Crippen LogP contribution >= 0.6 is 0 Å². The summed E-state index contributed by atoms with van der Waals surface area (Å²) < 4.78 is 53.5. The van der Waals surface area contributed by atoms with E-state index in [1.807, 2.05) is 18.2 Å². The van der Waals surface area contributed by atoms with Gasteiger partial charge < -0.3 is 0 Å². The molecule has 0 radical (unpaired) electrons. The van der Waals surface area contributed by atoms with Gasteiger partial charge >= 0.3 is 6.18 Å².